The van der Waals surface area contributed by atoms with Crippen molar-refractivity contribution in [3.8, 4) is 6.07 Å². The maximum Gasteiger partial charge on any atom is 0.254 e. The standard InChI is InChI=1S/C37H49FN6O2Si/c1-26-20-27(2)33(41-30-14-16-42(17-15-30)34-11-9-8-10-28(34)22-39)21-32(26)36(45)43-18-19-44(35-13-12-29(38)23-40-35)31(24-43)25-46-47(6,7)37(3,4)5/h8-13,20-21,23,30-31,41H,14-19,24-25H2,1-7H3/t31-/m0/s1. The number of nitrogens with one attached hydrogen (secondary N) is 1. The number of piperazine rings is 1. The molecule has 1 amide bonds. The van der Waals surface area contributed by atoms with Crippen molar-refractivity contribution in [3.63, 3.8) is 0 Å². The van der Waals surface area contributed by atoms with Crippen LogP contribution in [0.5, 0.6) is 0 Å². The number of carbonyl (C=O) groups is 1. The topological polar surface area (TPSA) is 84.7 Å². The van der Waals surface area contributed by atoms with Crippen molar-refractivity contribution in [2.24, 2.45) is 0 Å². The second-order valence-corrected chi connectivity index (χ2v) is 19.3. The number of benzene rings is 2. The summed E-state index contributed by atoms with van der Waals surface area (Å²) in [6.07, 6.45) is 3.12. The van der Waals surface area contributed by atoms with Crippen molar-refractivity contribution in [2.45, 2.75) is 77.7 Å². The Hall–Kier alpha value is -3.94. The minimum Gasteiger partial charge on any atom is -0.415 e. The first-order valence-corrected chi connectivity index (χ1v) is 19.6. The van der Waals surface area contributed by atoms with E-state index in [2.05, 4.69) is 73.0 Å². The molecule has 250 valence electrons. The van der Waals surface area contributed by atoms with E-state index < -0.39 is 8.32 Å². The highest BCUT2D eigenvalue weighted by atomic mass is 28.4. The number of rotatable bonds is 8. The number of nitrogens with zero attached hydrogens (tertiary/aromatic N) is 5. The third kappa shape index (κ3) is 7.79. The van der Waals surface area contributed by atoms with E-state index >= 15 is 0 Å². The zero-order valence-electron chi connectivity index (χ0n) is 28.9. The van der Waals surface area contributed by atoms with Crippen LogP contribution in [0.4, 0.5) is 21.6 Å². The largest absolute Gasteiger partial charge is 0.415 e. The number of aryl methyl sites for hydroxylation is 2. The van der Waals surface area contributed by atoms with Gasteiger partial charge in [-0.1, -0.05) is 39.0 Å². The molecule has 0 aliphatic carbocycles. The minimum absolute atomic E-state index is 0.0116. The van der Waals surface area contributed by atoms with Crippen molar-refractivity contribution in [1.29, 1.82) is 5.26 Å². The average Bonchev–Trinajstić information content (AvgIpc) is 3.05. The van der Waals surface area contributed by atoms with Crippen LogP contribution in [0.2, 0.25) is 18.1 Å². The molecular formula is C37H49FN6O2Si. The first kappa shape index (κ1) is 34.4. The second-order valence-electron chi connectivity index (χ2n) is 14.5. The molecule has 10 heteroatoms. The molecule has 1 N–H and O–H groups in total. The van der Waals surface area contributed by atoms with Crippen LogP contribution in [0.3, 0.4) is 0 Å². The van der Waals surface area contributed by atoms with E-state index in [0.29, 0.717) is 43.2 Å². The van der Waals surface area contributed by atoms with Gasteiger partial charge >= 0.3 is 0 Å². The molecule has 2 aliphatic rings. The molecule has 2 aromatic carbocycles. The van der Waals surface area contributed by atoms with Gasteiger partial charge in [0.15, 0.2) is 8.32 Å². The van der Waals surface area contributed by atoms with Crippen LogP contribution in [0, 0.1) is 31.0 Å². The Bertz CT molecular complexity index is 1610. The fourth-order valence-corrected chi connectivity index (χ4v) is 7.32. The smallest absolute Gasteiger partial charge is 0.254 e. The van der Waals surface area contributed by atoms with Crippen molar-refractivity contribution in [1.82, 2.24) is 9.88 Å². The molecule has 2 fully saturated rings. The van der Waals surface area contributed by atoms with Crippen LogP contribution < -0.4 is 15.1 Å². The van der Waals surface area contributed by atoms with E-state index in [0.717, 1.165) is 48.4 Å². The number of amides is 1. The second kappa shape index (κ2) is 14.0. The highest BCUT2D eigenvalue weighted by Crippen LogP contribution is 2.37. The number of anilines is 3. The molecule has 47 heavy (non-hydrogen) atoms. The van der Waals surface area contributed by atoms with Gasteiger partial charge in [-0.15, -0.1) is 0 Å². The highest BCUT2D eigenvalue weighted by Gasteiger charge is 2.39. The minimum atomic E-state index is -2.05. The van der Waals surface area contributed by atoms with Crippen molar-refractivity contribution >= 4 is 31.4 Å². The SMILES string of the molecule is Cc1cc(C)c(C(=O)N2CCN(c3ccc(F)cn3)[C@H](CO[Si](C)(C)C(C)(C)C)C2)cc1NC1CCN(c2ccccc2C#N)CC1. The lowest BCUT2D eigenvalue weighted by molar-refractivity contribution is 0.0700. The lowest BCUT2D eigenvalue weighted by Crippen LogP contribution is -2.58. The fourth-order valence-electron chi connectivity index (χ4n) is 6.28. The lowest BCUT2D eigenvalue weighted by atomic mass is 9.99. The number of carbonyl (C=O) groups excluding carboxylic acids is 1. The third-order valence-corrected chi connectivity index (χ3v) is 14.7. The van der Waals surface area contributed by atoms with Crippen LogP contribution in [0.25, 0.3) is 0 Å². The van der Waals surface area contributed by atoms with Gasteiger partial charge in [0.1, 0.15) is 17.7 Å². The average molecular weight is 657 g/mol. The summed E-state index contributed by atoms with van der Waals surface area (Å²) in [5.74, 6) is 0.339. The Kier molecular flexibility index (Phi) is 10.3. The quantitative estimate of drug-likeness (QED) is 0.258. The van der Waals surface area contributed by atoms with Gasteiger partial charge in [-0.2, -0.15) is 5.26 Å². The summed E-state index contributed by atoms with van der Waals surface area (Å²) in [6, 6.07) is 17.5. The third-order valence-electron chi connectivity index (χ3n) is 10.2. The Morgan fingerprint density at radius 3 is 2.45 bits per heavy atom. The van der Waals surface area contributed by atoms with Gasteiger partial charge in [-0.25, -0.2) is 9.37 Å². The van der Waals surface area contributed by atoms with E-state index in [4.69, 9.17) is 4.43 Å². The predicted octanol–water partition coefficient (Wildman–Crippen LogP) is 7.14. The van der Waals surface area contributed by atoms with Crippen LogP contribution >= 0.6 is 0 Å². The summed E-state index contributed by atoms with van der Waals surface area (Å²) in [6.45, 7) is 19.0. The van der Waals surface area contributed by atoms with E-state index in [1.165, 1.54) is 12.3 Å². The summed E-state index contributed by atoms with van der Waals surface area (Å²) < 4.78 is 20.4. The molecule has 0 spiro atoms. The predicted molar refractivity (Wildman–Crippen MR) is 190 cm³/mol. The van der Waals surface area contributed by atoms with Gasteiger partial charge in [0, 0.05) is 50.0 Å². The van der Waals surface area contributed by atoms with E-state index in [1.807, 2.05) is 42.2 Å². The molecule has 1 atom stereocenters. The van der Waals surface area contributed by atoms with Crippen LogP contribution in [0.1, 0.15) is 60.7 Å². The highest BCUT2D eigenvalue weighted by molar-refractivity contribution is 6.74. The van der Waals surface area contributed by atoms with Crippen molar-refractivity contribution < 1.29 is 13.6 Å². The molecule has 1 aromatic heterocycles. The van der Waals surface area contributed by atoms with Gasteiger partial charge in [0.2, 0.25) is 0 Å². The first-order valence-electron chi connectivity index (χ1n) is 16.7. The molecule has 0 unspecified atom stereocenters. The number of piperidine rings is 1. The first-order chi connectivity index (χ1) is 22.3. The molecule has 0 bridgehead atoms. The van der Waals surface area contributed by atoms with Crippen LogP contribution in [0.15, 0.2) is 54.7 Å². The molecular weight excluding hydrogens is 608 g/mol. The number of hydrogen-bond acceptors (Lipinski definition) is 7. The number of halogens is 1. The van der Waals surface area contributed by atoms with E-state index in [1.54, 1.807) is 6.07 Å². The van der Waals surface area contributed by atoms with Crippen LogP contribution in [-0.4, -0.2) is 75.5 Å². The van der Waals surface area contributed by atoms with Gasteiger partial charge in [0.25, 0.3) is 5.91 Å². The zero-order valence-corrected chi connectivity index (χ0v) is 29.9. The summed E-state index contributed by atoms with van der Waals surface area (Å²) in [5, 5.41) is 13.3. The fraction of sp³-hybridized carbons (Fsp3) is 0.486. The van der Waals surface area contributed by atoms with Crippen molar-refractivity contribution in [3.05, 3.63) is 82.8 Å². The lowest BCUT2D eigenvalue weighted by Gasteiger charge is -2.44. The number of hydrogen-bond donors (Lipinski definition) is 1. The number of pyridine rings is 1. The summed E-state index contributed by atoms with van der Waals surface area (Å²) >= 11 is 0. The maximum atomic E-state index is 14.2. The summed E-state index contributed by atoms with van der Waals surface area (Å²) in [5.41, 5.74) is 5.47. The van der Waals surface area contributed by atoms with Gasteiger partial charge in [-0.3, -0.25) is 4.79 Å². The van der Waals surface area contributed by atoms with Gasteiger partial charge in [-0.05, 0) is 86.3 Å². The Morgan fingerprint density at radius 2 is 1.79 bits per heavy atom. The summed E-state index contributed by atoms with van der Waals surface area (Å²) in [7, 11) is -2.05. The van der Waals surface area contributed by atoms with E-state index in [-0.39, 0.29) is 28.8 Å². The number of nitriles is 1. The number of para-hydroxylation sites is 1. The van der Waals surface area contributed by atoms with Gasteiger partial charge in [0.05, 0.1) is 30.1 Å². The molecule has 0 saturated carbocycles. The van der Waals surface area contributed by atoms with Crippen LogP contribution in [-0.2, 0) is 4.43 Å². The molecule has 2 saturated heterocycles. The van der Waals surface area contributed by atoms with Gasteiger partial charge < -0.3 is 24.4 Å². The maximum absolute atomic E-state index is 14.2. The Balaban J connectivity index is 1.30. The number of aromatic nitrogens is 1. The summed E-state index contributed by atoms with van der Waals surface area (Å²) in [4.78, 5) is 24.9. The molecule has 3 heterocycles. The van der Waals surface area contributed by atoms with E-state index in [9.17, 15) is 14.4 Å². The molecule has 5 rings (SSSR count). The zero-order chi connectivity index (χ0) is 33.9. The Morgan fingerprint density at radius 1 is 1.06 bits per heavy atom. The molecule has 3 aromatic rings. The normalized spacial score (nSPS) is 17.9. The molecule has 2 aliphatic heterocycles. The Labute approximate surface area is 280 Å². The molecule has 8 nitrogen and oxygen atoms in total. The van der Waals surface area contributed by atoms with Crippen molar-refractivity contribution in [2.75, 3.05) is 54.4 Å². The molecule has 0 radical (unpaired) electrons. The monoisotopic (exact) mass is 656 g/mol.